The van der Waals surface area contributed by atoms with Crippen molar-refractivity contribution in [2.45, 2.75) is 11.5 Å². The van der Waals surface area contributed by atoms with Crippen LogP contribution in [0.3, 0.4) is 0 Å². The van der Waals surface area contributed by atoms with Gasteiger partial charge in [0.1, 0.15) is 13.3 Å². The molecule has 0 bridgehead atoms. The summed E-state index contributed by atoms with van der Waals surface area (Å²) in [6.07, 6.45) is 1.62. The zero-order valence-corrected chi connectivity index (χ0v) is 15.8. The number of ether oxygens (including phenoxy) is 3. The molecule has 0 aromatic heterocycles. The second-order valence-corrected chi connectivity index (χ2v) is 8.21. The molecule has 3 rings (SSSR count). The Labute approximate surface area is 153 Å². The van der Waals surface area contributed by atoms with E-state index in [0.717, 1.165) is 16.8 Å². The molecule has 7 nitrogen and oxygen atoms in total. The molecule has 0 atom stereocenters. The number of methoxy groups -OCH3 is 2. The second kappa shape index (κ2) is 7.25. The zero-order chi connectivity index (χ0) is 18.7. The third-order valence-corrected chi connectivity index (χ3v) is 5.19. The van der Waals surface area contributed by atoms with Crippen LogP contribution in [-0.2, 0) is 21.0 Å². The molecule has 1 aliphatic rings. The van der Waals surface area contributed by atoms with Gasteiger partial charge < -0.3 is 19.5 Å². The summed E-state index contributed by atoms with van der Waals surface area (Å²) in [6.45, 7) is 0.732. The molecule has 26 heavy (non-hydrogen) atoms. The van der Waals surface area contributed by atoms with E-state index in [9.17, 15) is 0 Å². The van der Waals surface area contributed by atoms with Crippen LogP contribution in [0, 0.1) is 9.56 Å². The molecule has 0 unspecified atom stereocenters. The van der Waals surface area contributed by atoms with E-state index in [2.05, 4.69) is 10.3 Å². The summed E-state index contributed by atoms with van der Waals surface area (Å²) < 4.78 is 32.5. The zero-order valence-electron chi connectivity index (χ0n) is 15.0. The van der Waals surface area contributed by atoms with Crippen LogP contribution >= 0.6 is 0 Å². The SMILES string of the molecule is COc1cc2c(cc1OC)C(OCc1cccc(S(C)(=N)=N)c1)=NCN2. The lowest BCUT2D eigenvalue weighted by atomic mass is 10.1. The van der Waals surface area contributed by atoms with E-state index in [4.69, 9.17) is 23.8 Å². The number of anilines is 1. The predicted octanol–water partition coefficient (Wildman–Crippen LogP) is 3.72. The summed E-state index contributed by atoms with van der Waals surface area (Å²) >= 11 is 0. The number of fused-ring (bicyclic) bond motifs is 1. The molecule has 0 saturated carbocycles. The van der Waals surface area contributed by atoms with Crippen LogP contribution in [0.4, 0.5) is 5.69 Å². The smallest absolute Gasteiger partial charge is 0.220 e. The van der Waals surface area contributed by atoms with Gasteiger partial charge in [0.15, 0.2) is 11.5 Å². The van der Waals surface area contributed by atoms with Gasteiger partial charge in [-0.2, -0.15) is 0 Å². The van der Waals surface area contributed by atoms with Crippen LogP contribution in [0.2, 0.25) is 0 Å². The van der Waals surface area contributed by atoms with Crippen molar-refractivity contribution in [1.82, 2.24) is 0 Å². The number of benzene rings is 2. The highest BCUT2D eigenvalue weighted by atomic mass is 32.2. The maximum Gasteiger partial charge on any atom is 0.220 e. The molecule has 8 heteroatoms. The number of hydrogen-bond donors (Lipinski definition) is 3. The van der Waals surface area contributed by atoms with Gasteiger partial charge in [0.2, 0.25) is 5.90 Å². The van der Waals surface area contributed by atoms with Crippen LogP contribution in [0.25, 0.3) is 0 Å². The van der Waals surface area contributed by atoms with Crippen molar-refractivity contribution in [3.05, 3.63) is 47.5 Å². The minimum absolute atomic E-state index is 0.315. The van der Waals surface area contributed by atoms with Crippen LogP contribution in [0.5, 0.6) is 11.5 Å². The first-order chi connectivity index (χ1) is 12.4. The Morgan fingerprint density at radius 2 is 1.85 bits per heavy atom. The largest absolute Gasteiger partial charge is 0.493 e. The Bertz CT molecular complexity index is 955. The quantitative estimate of drug-likeness (QED) is 0.742. The Balaban J connectivity index is 1.83. The lowest BCUT2D eigenvalue weighted by Gasteiger charge is -2.21. The monoisotopic (exact) mass is 374 g/mol. The number of nitrogens with zero attached hydrogens (tertiary/aromatic N) is 1. The minimum Gasteiger partial charge on any atom is -0.493 e. The Kier molecular flexibility index (Phi) is 5.03. The molecule has 0 fully saturated rings. The van der Waals surface area contributed by atoms with E-state index in [1.54, 1.807) is 20.5 Å². The number of nitrogens with one attached hydrogen (secondary N) is 3. The van der Waals surface area contributed by atoms with Gasteiger partial charge in [-0.3, -0.25) is 9.56 Å². The molecule has 0 radical (unpaired) electrons. The molecule has 2 aromatic rings. The van der Waals surface area contributed by atoms with Gasteiger partial charge in [-0.25, -0.2) is 4.99 Å². The molecule has 0 spiro atoms. The number of rotatable bonds is 5. The van der Waals surface area contributed by atoms with Crippen LogP contribution in [0.15, 0.2) is 46.3 Å². The van der Waals surface area contributed by atoms with Gasteiger partial charge in [-0.15, -0.1) is 0 Å². The van der Waals surface area contributed by atoms with Crippen molar-refractivity contribution in [1.29, 1.82) is 9.56 Å². The molecule has 0 saturated heterocycles. The Morgan fingerprint density at radius 1 is 1.12 bits per heavy atom. The van der Waals surface area contributed by atoms with E-state index in [1.165, 1.54) is 0 Å². The van der Waals surface area contributed by atoms with Crippen molar-refractivity contribution in [2.75, 3.05) is 32.5 Å². The molecule has 138 valence electrons. The molecule has 3 N–H and O–H groups in total. The fourth-order valence-corrected chi connectivity index (χ4v) is 3.39. The Hall–Kier alpha value is -2.74. The number of hydrogen-bond acceptors (Lipinski definition) is 7. The molecule has 1 aliphatic heterocycles. The van der Waals surface area contributed by atoms with Gasteiger partial charge >= 0.3 is 0 Å². The molecule has 1 heterocycles. The van der Waals surface area contributed by atoms with E-state index in [-0.39, 0.29) is 0 Å². The van der Waals surface area contributed by atoms with Gasteiger partial charge in [-0.05, 0) is 33.4 Å². The van der Waals surface area contributed by atoms with Crippen LogP contribution in [0.1, 0.15) is 11.1 Å². The fraction of sp³-hybridized carbons (Fsp3) is 0.278. The second-order valence-electron chi connectivity index (χ2n) is 5.91. The average molecular weight is 374 g/mol. The Morgan fingerprint density at radius 3 is 2.54 bits per heavy atom. The van der Waals surface area contributed by atoms with E-state index >= 15 is 0 Å². The van der Waals surface area contributed by atoms with Crippen LogP contribution in [-0.4, -0.2) is 33.0 Å². The third kappa shape index (κ3) is 3.75. The lowest BCUT2D eigenvalue weighted by Crippen LogP contribution is -2.18. The third-order valence-electron chi connectivity index (χ3n) is 3.99. The van der Waals surface area contributed by atoms with Gasteiger partial charge in [-0.1, -0.05) is 12.1 Å². The molecule has 2 aromatic carbocycles. The highest BCUT2D eigenvalue weighted by molar-refractivity contribution is 7.92. The van der Waals surface area contributed by atoms with E-state index in [1.807, 2.05) is 36.4 Å². The average Bonchev–Trinajstić information content (AvgIpc) is 2.64. The summed E-state index contributed by atoms with van der Waals surface area (Å²) in [7, 11) is 0.925. The topological polar surface area (TPSA) is 99.8 Å². The molecule has 0 aliphatic carbocycles. The normalized spacial score (nSPS) is 13.3. The molecular formula is C18H22N4O3S. The summed E-state index contributed by atoms with van der Waals surface area (Å²) in [5.74, 6) is 1.77. The van der Waals surface area contributed by atoms with Crippen molar-refractivity contribution < 1.29 is 14.2 Å². The van der Waals surface area contributed by atoms with Crippen molar-refractivity contribution >= 4 is 21.2 Å². The molecule has 0 amide bonds. The first-order valence-electron chi connectivity index (χ1n) is 7.96. The summed E-state index contributed by atoms with van der Waals surface area (Å²) in [6, 6.07) is 11.1. The highest BCUT2D eigenvalue weighted by Crippen LogP contribution is 2.35. The standard InChI is InChI=1S/C18H22N4O3S/c1-23-16-8-14-15(9-17(16)24-2)21-11-22-18(14)25-10-12-5-4-6-13(7-12)26(3,19)20/h4-9,19-21H,10-11H2,1-3H3. The van der Waals surface area contributed by atoms with E-state index in [0.29, 0.717) is 35.6 Å². The maximum absolute atomic E-state index is 7.93. The van der Waals surface area contributed by atoms with Crippen LogP contribution < -0.4 is 14.8 Å². The van der Waals surface area contributed by atoms with Crippen molar-refractivity contribution in [3.8, 4) is 11.5 Å². The van der Waals surface area contributed by atoms with Gasteiger partial charge in [0.05, 0.1) is 25.5 Å². The first kappa shape index (κ1) is 18.1. The van der Waals surface area contributed by atoms with E-state index < -0.39 is 9.62 Å². The predicted molar refractivity (Wildman–Crippen MR) is 103 cm³/mol. The van der Waals surface area contributed by atoms with Gasteiger partial charge in [0, 0.05) is 17.2 Å². The number of aliphatic imine (C=N–C) groups is 1. The highest BCUT2D eigenvalue weighted by Gasteiger charge is 2.19. The van der Waals surface area contributed by atoms with Gasteiger partial charge in [0.25, 0.3) is 0 Å². The summed E-state index contributed by atoms with van der Waals surface area (Å²) in [5.41, 5.74) is 2.58. The van der Waals surface area contributed by atoms with Crippen molar-refractivity contribution in [2.24, 2.45) is 4.99 Å². The first-order valence-corrected chi connectivity index (χ1v) is 10.0. The summed E-state index contributed by atoms with van der Waals surface area (Å²) in [5, 5.41) is 3.20. The molecular weight excluding hydrogens is 352 g/mol. The minimum atomic E-state index is -2.26. The summed E-state index contributed by atoms with van der Waals surface area (Å²) in [4.78, 5) is 5.11. The lowest BCUT2D eigenvalue weighted by molar-refractivity contribution is 0.291. The maximum atomic E-state index is 7.93. The fourth-order valence-electron chi connectivity index (χ4n) is 2.65. The van der Waals surface area contributed by atoms with Crippen molar-refractivity contribution in [3.63, 3.8) is 0 Å².